The lowest BCUT2D eigenvalue weighted by Gasteiger charge is -2.11. The van der Waals surface area contributed by atoms with Crippen LogP contribution in [0.15, 0.2) is 35.1 Å². The zero-order chi connectivity index (χ0) is 9.84. The maximum atomic E-state index is 5.94. The summed E-state index contributed by atoms with van der Waals surface area (Å²) in [5.41, 5.74) is 8.07. The van der Waals surface area contributed by atoms with Crippen molar-refractivity contribution in [2.75, 3.05) is 0 Å². The average Bonchev–Trinajstić information content (AvgIpc) is 2.03. The third kappa shape index (κ3) is 3.28. The topological polar surface area (TPSA) is 38.9 Å². The molecule has 70 valence electrons. The van der Waals surface area contributed by atoms with Gasteiger partial charge in [0, 0.05) is 22.9 Å². The summed E-state index contributed by atoms with van der Waals surface area (Å²) < 4.78 is 0.960. The maximum absolute atomic E-state index is 5.94. The maximum Gasteiger partial charge on any atom is 0.0410 e. The van der Waals surface area contributed by atoms with E-state index in [4.69, 9.17) is 5.73 Å². The van der Waals surface area contributed by atoms with E-state index < -0.39 is 0 Å². The number of aromatic nitrogens is 1. The molecule has 2 nitrogen and oxygen atoms in total. The number of hydrogen-bond donors (Lipinski definition) is 1. The predicted octanol–water partition coefficient (Wildman–Crippen LogP) is 2.81. The molecule has 13 heavy (non-hydrogen) atoms. The molecule has 0 aliphatic heterocycles. The number of pyridine rings is 1. The molecule has 0 aromatic carbocycles. The van der Waals surface area contributed by atoms with Gasteiger partial charge in [-0.3, -0.25) is 4.98 Å². The van der Waals surface area contributed by atoms with Gasteiger partial charge in [-0.2, -0.15) is 0 Å². The number of halogens is 1. The molecular formula is C10H13BrN2. The van der Waals surface area contributed by atoms with Crippen LogP contribution in [0.25, 0.3) is 0 Å². The predicted molar refractivity (Wildman–Crippen MR) is 58.3 cm³/mol. The van der Waals surface area contributed by atoms with Crippen molar-refractivity contribution in [2.24, 2.45) is 5.73 Å². The number of rotatable bonds is 3. The molecule has 1 atom stereocenters. The van der Waals surface area contributed by atoms with E-state index in [-0.39, 0.29) is 6.04 Å². The first kappa shape index (κ1) is 10.4. The first-order valence-corrected chi connectivity index (χ1v) is 4.89. The fourth-order valence-electron chi connectivity index (χ4n) is 1.12. The molecule has 1 aromatic heterocycles. The Balaban J connectivity index is 2.76. The van der Waals surface area contributed by atoms with Crippen molar-refractivity contribution in [1.29, 1.82) is 0 Å². The Bertz CT molecular complexity index is 310. The van der Waals surface area contributed by atoms with Crippen molar-refractivity contribution < 1.29 is 0 Å². The molecule has 0 radical (unpaired) electrons. The van der Waals surface area contributed by atoms with Crippen molar-refractivity contribution >= 4 is 15.9 Å². The molecule has 2 N–H and O–H groups in total. The van der Waals surface area contributed by atoms with E-state index >= 15 is 0 Å². The third-order valence-corrected chi connectivity index (χ3v) is 2.16. The largest absolute Gasteiger partial charge is 0.324 e. The summed E-state index contributed by atoms with van der Waals surface area (Å²) in [6.07, 6.45) is 4.34. The van der Waals surface area contributed by atoms with Gasteiger partial charge in [0.1, 0.15) is 0 Å². The molecule has 0 saturated carbocycles. The number of nitrogens with zero attached hydrogens (tertiary/aromatic N) is 1. The standard InChI is InChI=1S/C10H13BrN2/c1-7(2)3-10(12)8-4-9(11)6-13-5-8/h4-6,10H,1,3,12H2,2H3/t10-/m1/s1. The minimum absolute atomic E-state index is 0.00231. The Morgan fingerprint density at radius 1 is 1.69 bits per heavy atom. The Hall–Kier alpha value is -0.670. The summed E-state index contributed by atoms with van der Waals surface area (Å²) in [5.74, 6) is 0. The van der Waals surface area contributed by atoms with Gasteiger partial charge in [0.15, 0.2) is 0 Å². The van der Waals surface area contributed by atoms with Gasteiger partial charge >= 0.3 is 0 Å². The molecule has 3 heteroatoms. The zero-order valence-corrected chi connectivity index (χ0v) is 9.21. The third-order valence-electron chi connectivity index (χ3n) is 1.72. The Labute approximate surface area is 87.0 Å². The van der Waals surface area contributed by atoms with Crippen LogP contribution in [0.2, 0.25) is 0 Å². The van der Waals surface area contributed by atoms with Gasteiger partial charge in [0.25, 0.3) is 0 Å². The molecule has 1 heterocycles. The lowest BCUT2D eigenvalue weighted by molar-refractivity contribution is 0.713. The smallest absolute Gasteiger partial charge is 0.0410 e. The van der Waals surface area contributed by atoms with E-state index in [9.17, 15) is 0 Å². The molecule has 0 aliphatic carbocycles. The van der Waals surface area contributed by atoms with Crippen LogP contribution in [-0.4, -0.2) is 4.98 Å². The highest BCUT2D eigenvalue weighted by Crippen LogP contribution is 2.19. The highest BCUT2D eigenvalue weighted by molar-refractivity contribution is 9.10. The number of nitrogens with two attached hydrogens (primary N) is 1. The van der Waals surface area contributed by atoms with E-state index in [1.165, 1.54) is 0 Å². The molecule has 0 unspecified atom stereocenters. The second-order valence-electron chi connectivity index (χ2n) is 3.20. The monoisotopic (exact) mass is 240 g/mol. The Kier molecular flexibility index (Phi) is 3.63. The quantitative estimate of drug-likeness (QED) is 0.826. The summed E-state index contributed by atoms with van der Waals surface area (Å²) in [4.78, 5) is 4.06. The van der Waals surface area contributed by atoms with Crippen LogP contribution < -0.4 is 5.73 Å². The Morgan fingerprint density at radius 2 is 2.38 bits per heavy atom. The van der Waals surface area contributed by atoms with Crippen molar-refractivity contribution in [3.63, 3.8) is 0 Å². The highest BCUT2D eigenvalue weighted by Gasteiger charge is 2.06. The van der Waals surface area contributed by atoms with Crippen LogP contribution >= 0.6 is 15.9 Å². The van der Waals surface area contributed by atoms with Crippen LogP contribution in [0.5, 0.6) is 0 Å². The van der Waals surface area contributed by atoms with Gasteiger partial charge in [0.05, 0.1) is 0 Å². The first-order valence-electron chi connectivity index (χ1n) is 4.10. The SMILES string of the molecule is C=C(C)C[C@@H](N)c1cncc(Br)c1. The number of hydrogen-bond acceptors (Lipinski definition) is 2. The van der Waals surface area contributed by atoms with E-state index in [0.717, 1.165) is 22.0 Å². The van der Waals surface area contributed by atoms with Crippen LogP contribution in [0.1, 0.15) is 24.9 Å². The second kappa shape index (κ2) is 4.53. The van der Waals surface area contributed by atoms with Crippen LogP contribution in [0.3, 0.4) is 0 Å². The van der Waals surface area contributed by atoms with Gasteiger partial charge in [-0.15, -0.1) is 6.58 Å². The highest BCUT2D eigenvalue weighted by atomic mass is 79.9. The average molecular weight is 241 g/mol. The molecule has 0 fully saturated rings. The van der Waals surface area contributed by atoms with Gasteiger partial charge < -0.3 is 5.73 Å². The molecular weight excluding hydrogens is 228 g/mol. The van der Waals surface area contributed by atoms with E-state index in [1.807, 2.05) is 13.0 Å². The van der Waals surface area contributed by atoms with E-state index in [1.54, 1.807) is 12.4 Å². The summed E-state index contributed by atoms with van der Waals surface area (Å²) in [7, 11) is 0. The fourth-order valence-corrected chi connectivity index (χ4v) is 1.51. The van der Waals surface area contributed by atoms with E-state index in [0.29, 0.717) is 0 Å². The molecule has 0 aliphatic rings. The lowest BCUT2D eigenvalue weighted by atomic mass is 10.0. The minimum Gasteiger partial charge on any atom is -0.324 e. The second-order valence-corrected chi connectivity index (χ2v) is 4.12. The van der Waals surface area contributed by atoms with Crippen LogP contribution in [0.4, 0.5) is 0 Å². The molecule has 0 bridgehead atoms. The van der Waals surface area contributed by atoms with Gasteiger partial charge in [-0.25, -0.2) is 0 Å². The normalized spacial score (nSPS) is 12.5. The molecule has 0 saturated heterocycles. The molecule has 0 spiro atoms. The fraction of sp³-hybridized carbons (Fsp3) is 0.300. The van der Waals surface area contributed by atoms with Crippen molar-refractivity contribution in [1.82, 2.24) is 4.98 Å². The minimum atomic E-state index is 0.00231. The summed E-state index contributed by atoms with van der Waals surface area (Å²) in [5, 5.41) is 0. The Morgan fingerprint density at radius 3 is 2.92 bits per heavy atom. The lowest BCUT2D eigenvalue weighted by Crippen LogP contribution is -2.10. The van der Waals surface area contributed by atoms with Crippen LogP contribution in [0, 0.1) is 0 Å². The molecule has 1 rings (SSSR count). The molecule has 1 aromatic rings. The van der Waals surface area contributed by atoms with Crippen molar-refractivity contribution in [3.8, 4) is 0 Å². The summed E-state index contributed by atoms with van der Waals surface area (Å²) >= 11 is 3.36. The van der Waals surface area contributed by atoms with Gasteiger partial charge in [0.2, 0.25) is 0 Å². The van der Waals surface area contributed by atoms with E-state index in [2.05, 4.69) is 27.5 Å². The zero-order valence-electron chi connectivity index (χ0n) is 7.63. The van der Waals surface area contributed by atoms with Crippen molar-refractivity contribution in [3.05, 3.63) is 40.6 Å². The van der Waals surface area contributed by atoms with Crippen molar-refractivity contribution in [2.45, 2.75) is 19.4 Å². The van der Waals surface area contributed by atoms with Gasteiger partial charge in [-0.05, 0) is 40.9 Å². The first-order chi connectivity index (χ1) is 6.09. The summed E-state index contributed by atoms with van der Waals surface area (Å²) in [6, 6.07) is 1.99. The summed E-state index contributed by atoms with van der Waals surface area (Å²) in [6.45, 7) is 5.81. The van der Waals surface area contributed by atoms with Crippen LogP contribution in [-0.2, 0) is 0 Å². The molecule has 0 amide bonds. The van der Waals surface area contributed by atoms with Gasteiger partial charge in [-0.1, -0.05) is 5.57 Å².